The van der Waals surface area contributed by atoms with E-state index in [9.17, 15) is 53.6 Å². The number of halogens is 3. The summed E-state index contributed by atoms with van der Waals surface area (Å²) in [6, 6.07) is 45.7. The Morgan fingerprint density at radius 3 is 0.879 bits per heavy atom. The van der Waals surface area contributed by atoms with Crippen molar-refractivity contribution in [1.29, 1.82) is 0 Å². The first kappa shape index (κ1) is 96.6. The number of carboxylic acids is 4. The second-order valence-electron chi connectivity index (χ2n) is 36.2. The summed E-state index contributed by atoms with van der Waals surface area (Å²) in [4.78, 5) is 109. The van der Waals surface area contributed by atoms with E-state index < -0.39 is 23.9 Å². The minimum absolute atomic E-state index is 0.0369. The molecule has 12 heterocycles. The lowest BCUT2D eigenvalue weighted by atomic mass is 9.79. The minimum Gasteiger partial charge on any atom is -0.497 e. The molecule has 140 heavy (non-hydrogen) atoms. The number of benzene rings is 4. The number of nitrogens with two attached hydrogens (primary N) is 4. The highest BCUT2D eigenvalue weighted by atomic mass is 79.9. The predicted octanol–water partition coefficient (Wildman–Crippen LogP) is 20.8. The van der Waals surface area contributed by atoms with Crippen molar-refractivity contribution in [3.8, 4) is 101 Å². The number of aliphatic carboxylic acids is 4. The Kier molecular flexibility index (Phi) is 28.7. The van der Waals surface area contributed by atoms with Crippen molar-refractivity contribution < 1.29 is 63.1 Å². The highest BCUT2D eigenvalue weighted by Crippen LogP contribution is 2.47. The topological polar surface area (TPSA) is 478 Å². The molecule has 0 spiro atoms. The van der Waals surface area contributed by atoms with Gasteiger partial charge in [-0.15, -0.1) is 0 Å². The first-order chi connectivity index (χ1) is 67.5. The molecule has 0 atom stereocenters. The van der Waals surface area contributed by atoms with E-state index >= 15 is 0 Å². The van der Waals surface area contributed by atoms with Crippen LogP contribution in [0.2, 0.25) is 0 Å². The Balaban J connectivity index is 0.000000129. The van der Waals surface area contributed by atoms with Crippen LogP contribution < -0.4 is 32.4 Å². The van der Waals surface area contributed by atoms with E-state index in [1.807, 2.05) is 109 Å². The molecule has 12 aromatic heterocycles. The number of hydrogen-bond donors (Lipinski definition) is 8. The number of methoxy groups -OCH3 is 2. The normalized spacial score (nSPS) is 18.0. The van der Waals surface area contributed by atoms with Crippen molar-refractivity contribution >= 4 is 113 Å². The number of ketones is 2. The molecule has 32 nitrogen and oxygen atoms in total. The van der Waals surface area contributed by atoms with Gasteiger partial charge in [0.15, 0.2) is 34.2 Å². The van der Waals surface area contributed by atoms with Crippen molar-refractivity contribution in [1.82, 2.24) is 78.3 Å². The molecule has 4 fully saturated rings. The summed E-state index contributed by atoms with van der Waals surface area (Å²) in [5.74, 6) is -1.27. The van der Waals surface area contributed by atoms with Crippen LogP contribution in [-0.4, -0.2) is 148 Å². The number of fused-ring (bicyclic) bond motifs is 4. The molecule has 0 aliphatic heterocycles. The Bertz CT molecular complexity index is 7340. The monoisotopic (exact) mass is 2010 g/mol. The molecule has 4 aliphatic rings. The Hall–Kier alpha value is -15.1. The molecular formula is C105H103Br2FN20O12. The summed E-state index contributed by atoms with van der Waals surface area (Å²) in [5, 5.41) is 55.1. The quantitative estimate of drug-likeness (QED) is 0.0310. The van der Waals surface area contributed by atoms with Crippen LogP contribution in [0, 0.1) is 29.5 Å². The number of carbonyl (C=O) groups excluding carboxylic acids is 2. The number of nitrogen functional groups attached to an aromatic ring is 4. The number of anilines is 4. The molecule has 4 saturated carbocycles. The number of carboxylic acid groups (broad SMARTS) is 4. The molecule has 0 bridgehead atoms. The van der Waals surface area contributed by atoms with Crippen LogP contribution in [0.5, 0.6) is 11.5 Å². The van der Waals surface area contributed by atoms with Crippen molar-refractivity contribution in [3.05, 3.63) is 249 Å². The van der Waals surface area contributed by atoms with Gasteiger partial charge in [0, 0.05) is 115 Å². The van der Waals surface area contributed by atoms with Gasteiger partial charge in [-0.1, -0.05) is 56.3 Å². The van der Waals surface area contributed by atoms with Crippen molar-refractivity contribution in [3.63, 3.8) is 0 Å². The van der Waals surface area contributed by atoms with E-state index in [0.717, 1.165) is 136 Å². The van der Waals surface area contributed by atoms with Gasteiger partial charge in [-0.25, -0.2) is 24.3 Å². The van der Waals surface area contributed by atoms with Gasteiger partial charge in [-0.3, -0.25) is 48.7 Å². The zero-order valence-corrected chi connectivity index (χ0v) is 80.8. The van der Waals surface area contributed by atoms with E-state index in [4.69, 9.17) is 57.3 Å². The molecular weight excluding hydrogens is 1910 g/mol. The molecule has 0 radical (unpaired) electrons. The van der Waals surface area contributed by atoms with Gasteiger partial charge in [-0.05, 0) is 263 Å². The molecule has 35 heteroatoms. The first-order valence-electron chi connectivity index (χ1n) is 46.4. The van der Waals surface area contributed by atoms with E-state index in [1.54, 1.807) is 72.6 Å². The maximum Gasteiger partial charge on any atom is 0.306 e. The third-order valence-electron chi connectivity index (χ3n) is 27.3. The Morgan fingerprint density at radius 1 is 0.350 bits per heavy atom. The number of nitrogens with zero attached hydrogens (tertiary/aromatic N) is 16. The average Bonchev–Trinajstić information content (AvgIpc) is 1.50. The Labute approximate surface area is 820 Å². The third kappa shape index (κ3) is 20.2. The minimum atomic E-state index is -0.784. The first-order valence-corrected chi connectivity index (χ1v) is 48.0. The molecule has 20 rings (SSSR count). The zero-order valence-electron chi connectivity index (χ0n) is 77.6. The third-order valence-corrected chi connectivity index (χ3v) is 29.0. The van der Waals surface area contributed by atoms with Gasteiger partial charge >= 0.3 is 23.9 Å². The van der Waals surface area contributed by atoms with Crippen LogP contribution >= 0.6 is 31.9 Å². The fraction of sp³-hybridized carbons (Fsp3) is 0.295. The van der Waals surface area contributed by atoms with Gasteiger partial charge in [0.2, 0.25) is 0 Å². The molecule has 12 N–H and O–H groups in total. The van der Waals surface area contributed by atoms with Crippen molar-refractivity contribution in [2.75, 3.05) is 37.2 Å². The summed E-state index contributed by atoms with van der Waals surface area (Å²) in [5.41, 5.74) is 46.8. The van der Waals surface area contributed by atoms with Crippen LogP contribution in [0.3, 0.4) is 0 Å². The second kappa shape index (κ2) is 41.7. The van der Waals surface area contributed by atoms with E-state index in [2.05, 4.69) is 105 Å². The summed E-state index contributed by atoms with van der Waals surface area (Å²) < 4.78 is 31.4. The molecule has 4 aromatic carbocycles. The standard InChI is InChI=1S/C27H28BrN5O2.C27H27N5O4.C26H24FN5O3.C25H24BrN5O3/c1-15(2)18-4-3-5-19(12-18)22-11-10-20(13-30-22)21-14-31-33-25(29)23(28)24(32-26(21)33)16-6-8-17(9-7-16)27(34)35;1-15(33)23-24(17-3-5-18(6-4-17)27(34)35)31-26-21(14-30-32(26)25(23)28)19-9-12-22(29-13-19)16-7-10-20(36-2)11-8-16;1-14(33)22-23(16-2-4-17(5-3-16)26(34)35)31-25-20(13-30-32(25)24(22)28)18-8-11-21(29-12-18)15-6-9-19(27)10-7-15;1-34-18-9-6-14(7-10-18)20-11-8-17(12-28-20)19-13-29-31-23(27)21(26)22(30-24(19)31)15-2-4-16(5-3-15)25(32)33/h3-5,10-17H,6-9,29H2,1-2H3,(H,34,35);7-14,17-18H,3-6,28H2,1-2H3,(H,34,35);6-13,16-17H,2-5,28H2,1H3,(H,34,35);6-13,15-16H,2-5,27H2,1H3,(H,32,33). The number of hydrogen-bond acceptors (Lipinski definition) is 24. The second-order valence-corrected chi connectivity index (χ2v) is 37.8. The molecule has 16 aromatic rings. The van der Waals surface area contributed by atoms with Crippen LogP contribution in [0.1, 0.15) is 209 Å². The van der Waals surface area contributed by atoms with E-state index in [-0.39, 0.29) is 76.4 Å². The molecule has 0 amide bonds. The Morgan fingerprint density at radius 2 is 0.614 bits per heavy atom. The average molecular weight is 2020 g/mol. The maximum atomic E-state index is 13.2. The summed E-state index contributed by atoms with van der Waals surface area (Å²) in [6.45, 7) is 7.29. The lowest BCUT2D eigenvalue weighted by molar-refractivity contribution is -0.143. The zero-order chi connectivity index (χ0) is 98.6. The molecule has 716 valence electrons. The highest BCUT2D eigenvalue weighted by molar-refractivity contribution is 9.11. The van der Waals surface area contributed by atoms with E-state index in [0.29, 0.717) is 151 Å². The predicted molar refractivity (Wildman–Crippen MR) is 536 cm³/mol. The highest BCUT2D eigenvalue weighted by Gasteiger charge is 2.37. The van der Waals surface area contributed by atoms with Gasteiger partial charge in [0.1, 0.15) is 40.6 Å². The largest absolute Gasteiger partial charge is 0.497 e. The van der Waals surface area contributed by atoms with Gasteiger partial charge in [0.25, 0.3) is 0 Å². The fourth-order valence-electron chi connectivity index (χ4n) is 19.3. The van der Waals surface area contributed by atoms with Crippen LogP contribution in [0.4, 0.5) is 27.7 Å². The molecule has 0 unspecified atom stereocenters. The number of carbonyl (C=O) groups is 6. The number of pyridine rings is 4. The summed E-state index contributed by atoms with van der Waals surface area (Å²) in [7, 11) is 3.27. The maximum absolute atomic E-state index is 13.2. The van der Waals surface area contributed by atoms with Crippen LogP contribution in [-0.2, 0) is 19.2 Å². The number of rotatable bonds is 21. The van der Waals surface area contributed by atoms with Crippen molar-refractivity contribution in [2.45, 2.75) is 160 Å². The van der Waals surface area contributed by atoms with Gasteiger partial charge < -0.3 is 52.8 Å². The fourth-order valence-corrected chi connectivity index (χ4v) is 20.5. The number of Topliss-reactive ketones (excluding diaryl/α,β-unsaturated/α-hetero) is 2. The van der Waals surface area contributed by atoms with Gasteiger partial charge in [0.05, 0.1) is 128 Å². The van der Waals surface area contributed by atoms with Crippen LogP contribution in [0.15, 0.2) is 204 Å². The number of ether oxygens (including phenoxy) is 2. The van der Waals surface area contributed by atoms with Crippen LogP contribution in [0.25, 0.3) is 112 Å². The lowest BCUT2D eigenvalue weighted by Crippen LogP contribution is -2.23. The SMILES string of the molecule is CC(=O)c1c(C2CCC(C(=O)O)CC2)nc2c(-c3ccc(-c4ccc(F)cc4)nc3)cnn2c1N.CC(C)c1cccc(-c2ccc(-c3cnn4c(N)c(Br)c(C5CCC(C(=O)O)CC5)nc34)cn2)c1.COc1ccc(-c2ccc(-c3cnn4c(N)c(Br)c(C5CCC(C(=O)O)CC5)nc34)cn2)cc1.COc1ccc(-c2ccc(-c3cnn4c(N)c(C(C)=O)c(C5CCC(C(=O)O)CC5)nc34)cn2)cc1. The smallest absolute Gasteiger partial charge is 0.306 e. The molecule has 4 aliphatic carbocycles. The summed E-state index contributed by atoms with van der Waals surface area (Å²) in [6.07, 6.45) is 24.3. The lowest BCUT2D eigenvalue weighted by Gasteiger charge is -2.27. The van der Waals surface area contributed by atoms with Crippen molar-refractivity contribution in [2.24, 2.45) is 23.7 Å². The summed E-state index contributed by atoms with van der Waals surface area (Å²) >= 11 is 7.23. The van der Waals surface area contributed by atoms with Gasteiger partial charge in [-0.2, -0.15) is 38.5 Å². The molecule has 0 saturated heterocycles. The van der Waals surface area contributed by atoms with E-state index in [1.165, 1.54) is 40.6 Å². The number of aromatic nitrogens is 16.